The first kappa shape index (κ1) is 12.7. The van der Waals surface area contributed by atoms with E-state index in [9.17, 15) is 5.11 Å². The smallest absolute Gasteiger partial charge is 0.164 e. The molecule has 1 aromatic carbocycles. The minimum Gasteiger partial charge on any atom is -0.504 e. The molecule has 1 heterocycles. The molecule has 3 nitrogen and oxygen atoms in total. The van der Waals surface area contributed by atoms with E-state index in [0.29, 0.717) is 11.4 Å². The second-order valence-electron chi connectivity index (χ2n) is 4.59. The van der Waals surface area contributed by atoms with Crippen LogP contribution in [0.15, 0.2) is 24.3 Å². The summed E-state index contributed by atoms with van der Waals surface area (Å²) in [5, 5.41) is 14.8. The maximum Gasteiger partial charge on any atom is 0.164 e. The van der Waals surface area contributed by atoms with Gasteiger partial charge in [-0.15, -0.1) is 0 Å². The van der Waals surface area contributed by atoms with Crippen molar-refractivity contribution >= 4 is 0 Å². The third-order valence-electron chi connectivity index (χ3n) is 3.13. The van der Waals surface area contributed by atoms with Gasteiger partial charge in [0.25, 0.3) is 0 Å². The van der Waals surface area contributed by atoms with Crippen molar-refractivity contribution in [3.63, 3.8) is 0 Å². The Morgan fingerprint density at radius 1 is 1.17 bits per heavy atom. The fourth-order valence-corrected chi connectivity index (χ4v) is 2.14. The van der Waals surface area contributed by atoms with Crippen molar-refractivity contribution in [1.29, 1.82) is 0 Å². The zero-order valence-electron chi connectivity index (χ0n) is 11.3. The van der Waals surface area contributed by atoms with Gasteiger partial charge in [-0.3, -0.25) is 4.68 Å². The summed E-state index contributed by atoms with van der Waals surface area (Å²) < 4.78 is 1.92. The molecule has 1 aromatic heterocycles. The van der Waals surface area contributed by atoms with Crippen LogP contribution in [0.1, 0.15) is 31.5 Å². The molecule has 0 aliphatic rings. The molecule has 0 saturated heterocycles. The lowest BCUT2D eigenvalue weighted by atomic mass is 10.1. The molecule has 0 fully saturated rings. The molecule has 0 aliphatic heterocycles. The monoisotopic (exact) mass is 244 g/mol. The molecule has 0 saturated carbocycles. The van der Waals surface area contributed by atoms with E-state index in [0.717, 1.165) is 30.6 Å². The van der Waals surface area contributed by atoms with Gasteiger partial charge in [-0.1, -0.05) is 43.7 Å². The van der Waals surface area contributed by atoms with Crippen LogP contribution in [-0.2, 0) is 13.0 Å². The van der Waals surface area contributed by atoms with Crippen molar-refractivity contribution in [2.24, 2.45) is 0 Å². The average molecular weight is 244 g/mol. The van der Waals surface area contributed by atoms with Gasteiger partial charge in [0.05, 0.1) is 5.69 Å². The van der Waals surface area contributed by atoms with E-state index in [1.807, 2.05) is 35.9 Å². The summed E-state index contributed by atoms with van der Waals surface area (Å²) in [7, 11) is 0. The van der Waals surface area contributed by atoms with Crippen LogP contribution in [0.4, 0.5) is 0 Å². The highest BCUT2D eigenvalue weighted by Gasteiger charge is 2.16. The molecule has 0 unspecified atom stereocenters. The van der Waals surface area contributed by atoms with Crippen LogP contribution < -0.4 is 0 Å². The first-order valence-corrected chi connectivity index (χ1v) is 6.53. The molecule has 1 N–H and O–H groups in total. The summed E-state index contributed by atoms with van der Waals surface area (Å²) >= 11 is 0. The largest absolute Gasteiger partial charge is 0.504 e. The van der Waals surface area contributed by atoms with Gasteiger partial charge in [0.2, 0.25) is 0 Å². The van der Waals surface area contributed by atoms with Crippen LogP contribution in [-0.4, -0.2) is 14.9 Å². The minimum absolute atomic E-state index is 0.329. The zero-order chi connectivity index (χ0) is 13.1. The SMILES string of the molecule is CCCn1nc(-c2ccc(C)cc2)c(O)c1CC. The third kappa shape index (κ3) is 2.26. The van der Waals surface area contributed by atoms with E-state index in [-0.39, 0.29) is 0 Å². The molecule has 96 valence electrons. The Bertz CT molecular complexity index is 526. The predicted molar refractivity (Wildman–Crippen MR) is 73.7 cm³/mol. The lowest BCUT2D eigenvalue weighted by molar-refractivity contribution is 0.464. The van der Waals surface area contributed by atoms with Crippen molar-refractivity contribution < 1.29 is 5.11 Å². The van der Waals surface area contributed by atoms with Crippen molar-refractivity contribution in [1.82, 2.24) is 9.78 Å². The molecular weight excluding hydrogens is 224 g/mol. The lowest BCUT2D eigenvalue weighted by Gasteiger charge is -2.02. The first-order valence-electron chi connectivity index (χ1n) is 6.53. The van der Waals surface area contributed by atoms with Gasteiger partial charge in [0.15, 0.2) is 5.75 Å². The number of aryl methyl sites for hydroxylation is 2. The van der Waals surface area contributed by atoms with Crippen LogP contribution >= 0.6 is 0 Å². The van der Waals surface area contributed by atoms with Gasteiger partial charge in [-0.2, -0.15) is 5.10 Å². The van der Waals surface area contributed by atoms with Crippen LogP contribution in [0.3, 0.4) is 0 Å². The number of benzene rings is 1. The van der Waals surface area contributed by atoms with E-state index in [1.54, 1.807) is 0 Å². The van der Waals surface area contributed by atoms with Crippen molar-refractivity contribution in [3.05, 3.63) is 35.5 Å². The highest BCUT2D eigenvalue weighted by Crippen LogP contribution is 2.32. The summed E-state index contributed by atoms with van der Waals surface area (Å²) in [6, 6.07) is 8.10. The normalized spacial score (nSPS) is 10.8. The van der Waals surface area contributed by atoms with Crippen LogP contribution in [0.2, 0.25) is 0 Å². The van der Waals surface area contributed by atoms with Crippen LogP contribution in [0.25, 0.3) is 11.3 Å². The Hall–Kier alpha value is -1.77. The minimum atomic E-state index is 0.329. The summed E-state index contributed by atoms with van der Waals surface area (Å²) in [5.41, 5.74) is 3.80. The van der Waals surface area contributed by atoms with E-state index in [4.69, 9.17) is 0 Å². The van der Waals surface area contributed by atoms with Gasteiger partial charge in [0.1, 0.15) is 5.69 Å². The fraction of sp³-hybridized carbons (Fsp3) is 0.400. The molecule has 2 rings (SSSR count). The maximum atomic E-state index is 10.3. The van der Waals surface area contributed by atoms with Crippen LogP contribution in [0, 0.1) is 6.92 Å². The van der Waals surface area contributed by atoms with Crippen molar-refractivity contribution in [3.8, 4) is 17.0 Å². The number of rotatable bonds is 4. The predicted octanol–water partition coefficient (Wildman–Crippen LogP) is 3.54. The van der Waals surface area contributed by atoms with E-state index in [1.165, 1.54) is 5.56 Å². The highest BCUT2D eigenvalue weighted by atomic mass is 16.3. The standard InChI is InChI=1S/C15H20N2O/c1-4-10-17-13(5-2)15(18)14(16-17)12-8-6-11(3)7-9-12/h6-9,18H,4-5,10H2,1-3H3. The maximum absolute atomic E-state index is 10.3. The fourth-order valence-electron chi connectivity index (χ4n) is 2.14. The molecular formula is C15H20N2O. The molecule has 0 amide bonds. The highest BCUT2D eigenvalue weighted by molar-refractivity contribution is 5.67. The summed E-state index contributed by atoms with van der Waals surface area (Å²) in [4.78, 5) is 0. The van der Waals surface area contributed by atoms with Gasteiger partial charge in [-0.25, -0.2) is 0 Å². The molecule has 0 radical (unpaired) electrons. The Morgan fingerprint density at radius 2 is 1.83 bits per heavy atom. The van der Waals surface area contributed by atoms with Crippen molar-refractivity contribution in [2.75, 3.05) is 0 Å². The summed E-state index contributed by atoms with van der Waals surface area (Å²) in [5.74, 6) is 0.329. The van der Waals surface area contributed by atoms with E-state index < -0.39 is 0 Å². The number of hydrogen-bond donors (Lipinski definition) is 1. The average Bonchev–Trinajstić information content (AvgIpc) is 2.67. The number of hydrogen-bond acceptors (Lipinski definition) is 2. The quantitative estimate of drug-likeness (QED) is 0.893. The molecule has 0 atom stereocenters. The molecule has 0 bridgehead atoms. The number of nitrogens with zero attached hydrogens (tertiary/aromatic N) is 2. The van der Waals surface area contributed by atoms with Gasteiger partial charge >= 0.3 is 0 Å². The van der Waals surface area contributed by atoms with Gasteiger partial charge in [-0.05, 0) is 19.8 Å². The van der Waals surface area contributed by atoms with Crippen molar-refractivity contribution in [2.45, 2.75) is 40.2 Å². The molecule has 18 heavy (non-hydrogen) atoms. The molecule has 0 aliphatic carbocycles. The lowest BCUT2D eigenvalue weighted by Crippen LogP contribution is -2.03. The zero-order valence-corrected chi connectivity index (χ0v) is 11.3. The Morgan fingerprint density at radius 3 is 2.39 bits per heavy atom. The third-order valence-corrected chi connectivity index (χ3v) is 3.13. The second kappa shape index (κ2) is 5.25. The van der Waals surface area contributed by atoms with E-state index >= 15 is 0 Å². The van der Waals surface area contributed by atoms with Gasteiger partial charge in [0, 0.05) is 12.1 Å². The second-order valence-corrected chi connectivity index (χ2v) is 4.59. The van der Waals surface area contributed by atoms with E-state index in [2.05, 4.69) is 18.9 Å². The summed E-state index contributed by atoms with van der Waals surface area (Å²) in [6.07, 6.45) is 1.81. The Labute approximate surface area is 108 Å². The molecule has 2 aromatic rings. The Kier molecular flexibility index (Phi) is 3.70. The number of aromatic hydroxyl groups is 1. The molecule has 3 heteroatoms. The first-order chi connectivity index (χ1) is 8.67. The van der Waals surface area contributed by atoms with Gasteiger partial charge < -0.3 is 5.11 Å². The van der Waals surface area contributed by atoms with Crippen LogP contribution in [0.5, 0.6) is 5.75 Å². The number of aromatic nitrogens is 2. The Balaban J connectivity index is 2.47. The molecule has 0 spiro atoms. The topological polar surface area (TPSA) is 38.0 Å². The summed E-state index contributed by atoms with van der Waals surface area (Å²) in [6.45, 7) is 7.06.